The fraction of sp³-hybridized carbons (Fsp3) is 0.933. The third-order valence-corrected chi connectivity index (χ3v) is 3.88. The highest BCUT2D eigenvalue weighted by atomic mass is 15.5. The van der Waals surface area contributed by atoms with E-state index in [1.165, 1.54) is 0 Å². The molecule has 1 aromatic heterocycles. The Kier molecular flexibility index (Phi) is 6.59. The predicted molar refractivity (Wildman–Crippen MR) is 82.2 cm³/mol. The van der Waals surface area contributed by atoms with Crippen LogP contribution in [0.4, 0.5) is 0 Å². The van der Waals surface area contributed by atoms with Crippen LogP contribution in [-0.2, 0) is 6.54 Å². The second-order valence-electron chi connectivity index (χ2n) is 6.89. The summed E-state index contributed by atoms with van der Waals surface area (Å²) in [5, 5.41) is 15.7. The molecule has 0 aliphatic rings. The highest BCUT2D eigenvalue weighted by Gasteiger charge is 2.22. The van der Waals surface area contributed by atoms with Gasteiger partial charge in [-0.05, 0) is 47.6 Å². The molecule has 0 aromatic carbocycles. The van der Waals surface area contributed by atoms with Gasteiger partial charge in [0.05, 0.1) is 6.04 Å². The van der Waals surface area contributed by atoms with Crippen molar-refractivity contribution >= 4 is 0 Å². The third kappa shape index (κ3) is 4.85. The van der Waals surface area contributed by atoms with Gasteiger partial charge in [0.15, 0.2) is 5.82 Å². The summed E-state index contributed by atoms with van der Waals surface area (Å²) in [6.07, 6.45) is 0. The van der Waals surface area contributed by atoms with Gasteiger partial charge in [0.2, 0.25) is 0 Å². The van der Waals surface area contributed by atoms with Crippen molar-refractivity contribution in [1.82, 2.24) is 25.5 Å². The Balaban J connectivity index is 2.75. The molecule has 1 atom stereocenters. The average Bonchev–Trinajstić information content (AvgIpc) is 2.80. The molecule has 0 spiro atoms. The van der Waals surface area contributed by atoms with Gasteiger partial charge >= 0.3 is 0 Å². The zero-order chi connectivity index (χ0) is 15.3. The van der Waals surface area contributed by atoms with Crippen LogP contribution in [0.5, 0.6) is 0 Å². The largest absolute Gasteiger partial charge is 0.307 e. The summed E-state index contributed by atoms with van der Waals surface area (Å²) in [4.78, 5) is 0. The van der Waals surface area contributed by atoms with Crippen LogP contribution in [0.15, 0.2) is 0 Å². The molecule has 0 fully saturated rings. The molecule has 0 bridgehead atoms. The molecule has 0 saturated heterocycles. The van der Waals surface area contributed by atoms with E-state index in [9.17, 15) is 0 Å². The maximum atomic E-state index is 4.21. The van der Waals surface area contributed by atoms with E-state index in [-0.39, 0.29) is 6.04 Å². The second-order valence-corrected chi connectivity index (χ2v) is 6.89. The predicted octanol–water partition coefficient (Wildman–Crippen LogP) is 2.91. The molecule has 116 valence electrons. The minimum Gasteiger partial charge on any atom is -0.307 e. The molecule has 0 saturated carbocycles. The maximum Gasteiger partial charge on any atom is 0.167 e. The van der Waals surface area contributed by atoms with Gasteiger partial charge in [0.25, 0.3) is 0 Å². The maximum absolute atomic E-state index is 4.21. The number of rotatable bonds is 8. The van der Waals surface area contributed by atoms with Crippen LogP contribution in [0.2, 0.25) is 0 Å². The number of nitrogens with zero attached hydrogens (tertiary/aromatic N) is 4. The Morgan fingerprint density at radius 1 is 1.00 bits per heavy atom. The summed E-state index contributed by atoms with van der Waals surface area (Å²) >= 11 is 0. The summed E-state index contributed by atoms with van der Waals surface area (Å²) < 4.78 is 1.97. The molecule has 1 heterocycles. The minimum atomic E-state index is 0.187. The van der Waals surface area contributed by atoms with Gasteiger partial charge in [0.1, 0.15) is 0 Å². The third-order valence-electron chi connectivity index (χ3n) is 3.88. The molecule has 1 N–H and O–H groups in total. The van der Waals surface area contributed by atoms with Gasteiger partial charge in [-0.25, -0.2) is 4.68 Å². The lowest BCUT2D eigenvalue weighted by atomic mass is 9.85. The van der Waals surface area contributed by atoms with Crippen LogP contribution in [0.25, 0.3) is 0 Å². The summed E-state index contributed by atoms with van der Waals surface area (Å²) in [7, 11) is 0. The van der Waals surface area contributed by atoms with Crippen LogP contribution >= 0.6 is 0 Å². The molecular formula is C15H31N5. The topological polar surface area (TPSA) is 55.6 Å². The van der Waals surface area contributed by atoms with E-state index in [4.69, 9.17) is 0 Å². The van der Waals surface area contributed by atoms with E-state index in [0.717, 1.165) is 18.9 Å². The van der Waals surface area contributed by atoms with Crippen molar-refractivity contribution in [2.45, 2.75) is 61.1 Å². The van der Waals surface area contributed by atoms with E-state index < -0.39 is 0 Å². The molecule has 1 unspecified atom stereocenters. The number of nitrogens with one attached hydrogen (secondary N) is 1. The van der Waals surface area contributed by atoms with Crippen LogP contribution in [-0.4, -0.2) is 26.8 Å². The average molecular weight is 281 g/mol. The van der Waals surface area contributed by atoms with Crippen molar-refractivity contribution in [1.29, 1.82) is 0 Å². The molecule has 0 radical (unpaired) electrons. The second kappa shape index (κ2) is 7.72. The fourth-order valence-corrected chi connectivity index (χ4v) is 2.55. The van der Waals surface area contributed by atoms with Gasteiger partial charge in [-0.15, -0.1) is 5.10 Å². The van der Waals surface area contributed by atoms with E-state index >= 15 is 0 Å². The lowest BCUT2D eigenvalue weighted by Gasteiger charge is -2.25. The first-order valence-electron chi connectivity index (χ1n) is 7.82. The molecule has 1 rings (SSSR count). The van der Waals surface area contributed by atoms with Crippen molar-refractivity contribution in [3.63, 3.8) is 0 Å². The molecule has 5 heteroatoms. The van der Waals surface area contributed by atoms with Gasteiger partial charge in [-0.3, -0.25) is 0 Å². The lowest BCUT2D eigenvalue weighted by molar-refractivity contribution is 0.235. The first kappa shape index (κ1) is 17.1. The molecule has 20 heavy (non-hydrogen) atoms. The van der Waals surface area contributed by atoms with E-state index in [0.29, 0.717) is 23.7 Å². The van der Waals surface area contributed by atoms with Gasteiger partial charge in [-0.1, -0.05) is 41.5 Å². The zero-order valence-electron chi connectivity index (χ0n) is 14.1. The van der Waals surface area contributed by atoms with Gasteiger partial charge < -0.3 is 5.32 Å². The molecule has 1 aromatic rings. The fourth-order valence-electron chi connectivity index (χ4n) is 2.55. The van der Waals surface area contributed by atoms with Crippen LogP contribution in [0.3, 0.4) is 0 Å². The normalized spacial score (nSPS) is 13.9. The Hall–Kier alpha value is -0.970. The minimum absolute atomic E-state index is 0.187. The first-order valence-corrected chi connectivity index (χ1v) is 7.82. The smallest absolute Gasteiger partial charge is 0.167 e. The lowest BCUT2D eigenvalue weighted by Crippen LogP contribution is -2.29. The summed E-state index contributed by atoms with van der Waals surface area (Å²) in [6, 6.07) is 0.187. The van der Waals surface area contributed by atoms with Crippen molar-refractivity contribution in [3.05, 3.63) is 5.82 Å². The van der Waals surface area contributed by atoms with Crippen molar-refractivity contribution < 1.29 is 0 Å². The number of hydrogen-bond donors (Lipinski definition) is 1. The van der Waals surface area contributed by atoms with Gasteiger partial charge in [-0.2, -0.15) is 0 Å². The monoisotopic (exact) mass is 281 g/mol. The Morgan fingerprint density at radius 2 is 1.60 bits per heavy atom. The number of hydrogen-bond acceptors (Lipinski definition) is 4. The Bertz CT molecular complexity index is 375. The van der Waals surface area contributed by atoms with E-state index in [2.05, 4.69) is 69.3 Å². The summed E-state index contributed by atoms with van der Waals surface area (Å²) in [5.41, 5.74) is 0. The molecule has 0 aliphatic heterocycles. The summed E-state index contributed by atoms with van der Waals surface area (Å²) in [5.74, 6) is 3.42. The first-order chi connectivity index (χ1) is 9.32. The highest BCUT2D eigenvalue weighted by molar-refractivity contribution is 4.90. The van der Waals surface area contributed by atoms with Crippen molar-refractivity contribution in [3.8, 4) is 0 Å². The summed E-state index contributed by atoms with van der Waals surface area (Å²) in [6.45, 7) is 17.5. The molecule has 0 amide bonds. The van der Waals surface area contributed by atoms with Crippen LogP contribution < -0.4 is 5.32 Å². The van der Waals surface area contributed by atoms with Crippen LogP contribution in [0.1, 0.15) is 60.3 Å². The molecule has 0 aliphatic carbocycles. The van der Waals surface area contributed by atoms with Crippen LogP contribution in [0, 0.1) is 23.7 Å². The number of tetrazole rings is 1. The SMILES string of the molecule is CC(C)CNC(C)c1nnnn1CC(C(C)C)C(C)C. The quantitative estimate of drug-likeness (QED) is 0.796. The van der Waals surface area contributed by atoms with Gasteiger partial charge in [0, 0.05) is 6.54 Å². The van der Waals surface area contributed by atoms with E-state index in [1.807, 2.05) is 4.68 Å². The Labute approximate surface area is 123 Å². The highest BCUT2D eigenvalue weighted by Crippen LogP contribution is 2.23. The van der Waals surface area contributed by atoms with Crippen molar-refractivity contribution in [2.75, 3.05) is 6.54 Å². The standard InChI is InChI=1S/C15H31N5/c1-10(2)8-16-13(7)15-17-18-19-20(15)9-14(11(3)4)12(5)6/h10-14,16H,8-9H2,1-7H3. The Morgan fingerprint density at radius 3 is 2.10 bits per heavy atom. The zero-order valence-corrected chi connectivity index (χ0v) is 14.1. The molecule has 5 nitrogen and oxygen atoms in total. The van der Waals surface area contributed by atoms with E-state index in [1.54, 1.807) is 0 Å². The number of aromatic nitrogens is 4. The molecular weight excluding hydrogens is 250 g/mol. The van der Waals surface area contributed by atoms with Crippen molar-refractivity contribution in [2.24, 2.45) is 23.7 Å².